The molecule has 1 aromatic rings. The molecule has 0 aliphatic carbocycles. The van der Waals surface area contributed by atoms with Crippen molar-refractivity contribution < 1.29 is 22.7 Å². The molecule has 1 N–H and O–H groups in total. The molecule has 0 spiro atoms. The van der Waals surface area contributed by atoms with E-state index < -0.39 is 16.1 Å². The molecular weight excluding hydrogens is 406 g/mol. The van der Waals surface area contributed by atoms with Crippen LogP contribution in [0.25, 0.3) is 0 Å². The molecule has 0 radical (unpaired) electrons. The van der Waals surface area contributed by atoms with Crippen LogP contribution in [-0.2, 0) is 14.8 Å². The number of piperidine rings is 1. The average molecular weight is 440 g/mol. The van der Waals surface area contributed by atoms with Gasteiger partial charge < -0.3 is 15.0 Å². The lowest BCUT2D eigenvalue weighted by Gasteiger charge is -2.37. The Kier molecular flexibility index (Phi) is 8.25. The average Bonchev–Trinajstić information content (AvgIpc) is 2.70. The van der Waals surface area contributed by atoms with E-state index in [0.29, 0.717) is 43.9 Å². The van der Waals surface area contributed by atoms with Crippen LogP contribution in [0.4, 0.5) is 0 Å². The van der Waals surface area contributed by atoms with Crippen molar-refractivity contribution >= 4 is 21.8 Å². The van der Waals surface area contributed by atoms with E-state index in [4.69, 9.17) is 4.74 Å². The van der Waals surface area contributed by atoms with Crippen LogP contribution in [0.15, 0.2) is 24.3 Å². The predicted molar refractivity (Wildman–Crippen MR) is 116 cm³/mol. The molecule has 0 saturated carbocycles. The van der Waals surface area contributed by atoms with Gasteiger partial charge in [0.2, 0.25) is 15.9 Å². The number of rotatable bonds is 8. The van der Waals surface area contributed by atoms with Crippen LogP contribution < -0.4 is 10.1 Å². The Morgan fingerprint density at radius 1 is 1.20 bits per heavy atom. The van der Waals surface area contributed by atoms with Gasteiger partial charge in [0.25, 0.3) is 5.91 Å². The summed E-state index contributed by atoms with van der Waals surface area (Å²) < 4.78 is 30.3. The largest absolute Gasteiger partial charge is 0.494 e. The molecule has 1 unspecified atom stereocenters. The fraction of sp³-hybridized carbons (Fsp3) is 0.619. The Hall–Kier alpha value is -2.13. The van der Waals surface area contributed by atoms with Gasteiger partial charge in [0.05, 0.1) is 12.9 Å². The lowest BCUT2D eigenvalue weighted by atomic mass is 9.99. The molecule has 2 rings (SSSR count). The first-order chi connectivity index (χ1) is 14.0. The molecule has 1 saturated heterocycles. The highest BCUT2D eigenvalue weighted by molar-refractivity contribution is 7.88. The van der Waals surface area contributed by atoms with E-state index in [-0.39, 0.29) is 23.8 Å². The molecule has 30 heavy (non-hydrogen) atoms. The lowest BCUT2D eigenvalue weighted by molar-refractivity contribution is -0.135. The van der Waals surface area contributed by atoms with Crippen molar-refractivity contribution in [3.63, 3.8) is 0 Å². The number of hydrogen-bond acceptors (Lipinski definition) is 5. The summed E-state index contributed by atoms with van der Waals surface area (Å²) in [6, 6.07) is 6.05. The normalized spacial score (nSPS) is 16.6. The number of sulfonamides is 1. The molecule has 1 fully saturated rings. The van der Waals surface area contributed by atoms with Crippen LogP contribution in [0.5, 0.6) is 5.75 Å². The van der Waals surface area contributed by atoms with E-state index in [1.807, 2.05) is 20.8 Å². The molecule has 1 aliphatic heterocycles. The summed E-state index contributed by atoms with van der Waals surface area (Å²) in [6.45, 7) is 7.15. The lowest BCUT2D eigenvalue weighted by Crippen LogP contribution is -2.54. The number of carbonyl (C=O) groups is 2. The SMILES string of the molecule is CCOc1ccc(C(=O)NC(C(=O)N2CCC(N(C)S(C)(=O)=O)CC2)C(C)C)cc1. The molecule has 0 bridgehead atoms. The Bertz CT molecular complexity index is 831. The van der Waals surface area contributed by atoms with E-state index >= 15 is 0 Å². The molecule has 1 aliphatic rings. The molecular formula is C21H33N3O5S. The topological polar surface area (TPSA) is 96.0 Å². The van der Waals surface area contributed by atoms with Crippen molar-refractivity contribution in [3.8, 4) is 5.75 Å². The molecule has 9 heteroatoms. The molecule has 2 amide bonds. The Morgan fingerprint density at radius 3 is 2.23 bits per heavy atom. The van der Waals surface area contributed by atoms with Crippen molar-refractivity contribution in [2.75, 3.05) is 33.0 Å². The second kappa shape index (κ2) is 10.3. The standard InChI is InChI=1S/C21H33N3O5S/c1-6-29-18-9-7-16(8-10-18)20(25)22-19(15(2)3)21(26)24-13-11-17(12-14-24)23(4)30(5,27)28/h7-10,15,17,19H,6,11-14H2,1-5H3,(H,22,25). The number of likely N-dealkylation sites (tertiary alicyclic amines) is 1. The third-order valence-corrected chi connectivity index (χ3v) is 6.80. The summed E-state index contributed by atoms with van der Waals surface area (Å²) >= 11 is 0. The van der Waals surface area contributed by atoms with Gasteiger partial charge in [-0.05, 0) is 49.9 Å². The third kappa shape index (κ3) is 6.18. The third-order valence-electron chi connectivity index (χ3n) is 5.46. The number of amides is 2. The van der Waals surface area contributed by atoms with Crippen molar-refractivity contribution in [3.05, 3.63) is 29.8 Å². The second-order valence-corrected chi connectivity index (χ2v) is 10.0. The van der Waals surface area contributed by atoms with Crippen LogP contribution in [0.2, 0.25) is 0 Å². The monoisotopic (exact) mass is 439 g/mol. The summed E-state index contributed by atoms with van der Waals surface area (Å²) in [6.07, 6.45) is 2.34. The number of nitrogens with one attached hydrogen (secondary N) is 1. The first-order valence-electron chi connectivity index (χ1n) is 10.3. The summed E-state index contributed by atoms with van der Waals surface area (Å²) in [4.78, 5) is 27.5. The van der Waals surface area contributed by atoms with E-state index in [9.17, 15) is 18.0 Å². The van der Waals surface area contributed by atoms with Gasteiger partial charge in [0.1, 0.15) is 11.8 Å². The van der Waals surface area contributed by atoms with Crippen LogP contribution >= 0.6 is 0 Å². The van der Waals surface area contributed by atoms with Crippen LogP contribution in [-0.4, -0.2) is 74.5 Å². The van der Waals surface area contributed by atoms with Gasteiger partial charge >= 0.3 is 0 Å². The molecule has 0 aromatic heterocycles. The van der Waals surface area contributed by atoms with Gasteiger partial charge in [-0.1, -0.05) is 13.8 Å². The van der Waals surface area contributed by atoms with Crippen LogP contribution in [0, 0.1) is 5.92 Å². The van der Waals surface area contributed by atoms with Crippen molar-refractivity contribution in [1.29, 1.82) is 0 Å². The second-order valence-electron chi connectivity index (χ2n) is 7.99. The Balaban J connectivity index is 2.00. The van der Waals surface area contributed by atoms with Crippen LogP contribution in [0.1, 0.15) is 44.0 Å². The molecule has 1 aromatic carbocycles. The number of benzene rings is 1. The Labute approximate surface area is 179 Å². The highest BCUT2D eigenvalue weighted by atomic mass is 32.2. The quantitative estimate of drug-likeness (QED) is 0.665. The summed E-state index contributed by atoms with van der Waals surface area (Å²) in [5.41, 5.74) is 0.463. The van der Waals surface area contributed by atoms with Gasteiger partial charge in [0.15, 0.2) is 0 Å². The maximum absolute atomic E-state index is 13.1. The first kappa shape index (κ1) is 24.1. The molecule has 1 heterocycles. The fourth-order valence-electron chi connectivity index (χ4n) is 3.52. The summed E-state index contributed by atoms with van der Waals surface area (Å²) in [5, 5.41) is 2.86. The van der Waals surface area contributed by atoms with E-state index in [1.54, 1.807) is 36.2 Å². The predicted octanol–water partition coefficient (Wildman–Crippen LogP) is 1.72. The first-order valence-corrected chi connectivity index (χ1v) is 12.1. The highest BCUT2D eigenvalue weighted by Gasteiger charge is 2.33. The van der Waals surface area contributed by atoms with Gasteiger partial charge in [-0.3, -0.25) is 9.59 Å². The van der Waals surface area contributed by atoms with Gasteiger partial charge in [-0.25, -0.2) is 12.7 Å². The zero-order chi connectivity index (χ0) is 22.5. The maximum atomic E-state index is 13.1. The highest BCUT2D eigenvalue weighted by Crippen LogP contribution is 2.20. The fourth-order valence-corrected chi connectivity index (χ4v) is 4.28. The van der Waals surface area contributed by atoms with E-state index in [1.165, 1.54) is 10.6 Å². The zero-order valence-corrected chi connectivity index (χ0v) is 19.2. The van der Waals surface area contributed by atoms with Crippen molar-refractivity contribution in [1.82, 2.24) is 14.5 Å². The van der Waals surface area contributed by atoms with Gasteiger partial charge in [0, 0.05) is 31.7 Å². The van der Waals surface area contributed by atoms with Gasteiger partial charge in [-0.15, -0.1) is 0 Å². The smallest absolute Gasteiger partial charge is 0.251 e. The van der Waals surface area contributed by atoms with Crippen molar-refractivity contribution in [2.45, 2.75) is 45.7 Å². The number of ether oxygens (including phenoxy) is 1. The van der Waals surface area contributed by atoms with E-state index in [2.05, 4.69) is 5.32 Å². The summed E-state index contributed by atoms with van der Waals surface area (Å²) in [5.74, 6) is 0.162. The molecule has 168 valence electrons. The minimum Gasteiger partial charge on any atom is -0.494 e. The maximum Gasteiger partial charge on any atom is 0.251 e. The minimum atomic E-state index is -3.26. The van der Waals surface area contributed by atoms with Crippen LogP contribution in [0.3, 0.4) is 0 Å². The zero-order valence-electron chi connectivity index (χ0n) is 18.4. The molecule has 8 nitrogen and oxygen atoms in total. The Morgan fingerprint density at radius 2 is 1.77 bits per heavy atom. The number of carbonyl (C=O) groups excluding carboxylic acids is 2. The molecule has 1 atom stereocenters. The van der Waals surface area contributed by atoms with Gasteiger partial charge in [-0.2, -0.15) is 0 Å². The van der Waals surface area contributed by atoms with E-state index in [0.717, 1.165) is 0 Å². The minimum absolute atomic E-state index is 0.0828. The number of nitrogens with zero attached hydrogens (tertiary/aromatic N) is 2. The summed E-state index contributed by atoms with van der Waals surface area (Å²) in [7, 11) is -1.68. The number of hydrogen-bond donors (Lipinski definition) is 1. The van der Waals surface area contributed by atoms with Crippen molar-refractivity contribution in [2.24, 2.45) is 5.92 Å².